The summed E-state index contributed by atoms with van der Waals surface area (Å²) >= 11 is 6.05. The second-order valence-corrected chi connectivity index (χ2v) is 6.58. The van der Waals surface area contributed by atoms with E-state index in [1.54, 1.807) is 6.07 Å². The molecule has 2 nitrogen and oxygen atoms in total. The summed E-state index contributed by atoms with van der Waals surface area (Å²) in [6, 6.07) is 4.53. The van der Waals surface area contributed by atoms with Gasteiger partial charge >= 0.3 is 0 Å². The lowest BCUT2D eigenvalue weighted by atomic mass is 9.58. The Hall–Kier alpha value is -0.800. The standard InChI is InChI=1S/C16H21ClFNO/c17-12-9-11(18)5-6-13(12)20-15-10-14(19)16(15)7-3-1-2-4-8-16/h5-6,9,14-15H,1-4,7-8,10,19H2. The molecular weight excluding hydrogens is 277 g/mol. The Kier molecular flexibility index (Phi) is 3.91. The van der Waals surface area contributed by atoms with Crippen LogP contribution < -0.4 is 10.5 Å². The topological polar surface area (TPSA) is 35.2 Å². The molecule has 3 rings (SSSR count). The minimum atomic E-state index is -0.336. The summed E-state index contributed by atoms with van der Waals surface area (Å²) in [5.41, 5.74) is 6.40. The van der Waals surface area contributed by atoms with E-state index in [4.69, 9.17) is 22.1 Å². The van der Waals surface area contributed by atoms with Crippen LogP contribution in [0.3, 0.4) is 0 Å². The molecule has 1 spiro atoms. The first-order valence-electron chi connectivity index (χ1n) is 7.49. The minimum Gasteiger partial charge on any atom is -0.488 e. The van der Waals surface area contributed by atoms with Crippen molar-refractivity contribution in [2.75, 3.05) is 0 Å². The first-order chi connectivity index (χ1) is 9.62. The Labute approximate surface area is 124 Å². The number of nitrogens with two attached hydrogens (primary N) is 1. The molecule has 20 heavy (non-hydrogen) atoms. The molecule has 0 aromatic heterocycles. The maximum absolute atomic E-state index is 13.1. The summed E-state index contributed by atoms with van der Waals surface area (Å²) in [7, 11) is 0. The number of hydrogen-bond donors (Lipinski definition) is 1. The first kappa shape index (κ1) is 14.2. The Morgan fingerprint density at radius 3 is 2.50 bits per heavy atom. The monoisotopic (exact) mass is 297 g/mol. The lowest BCUT2D eigenvalue weighted by molar-refractivity contribution is -0.0770. The number of ether oxygens (including phenoxy) is 1. The summed E-state index contributed by atoms with van der Waals surface area (Å²) in [6.07, 6.45) is 8.30. The van der Waals surface area contributed by atoms with Crippen molar-refractivity contribution < 1.29 is 9.13 Å². The smallest absolute Gasteiger partial charge is 0.138 e. The third kappa shape index (κ3) is 2.42. The Bertz CT molecular complexity index is 485. The third-order valence-corrected chi connectivity index (χ3v) is 5.34. The Morgan fingerprint density at radius 2 is 1.90 bits per heavy atom. The molecule has 2 unspecified atom stereocenters. The van der Waals surface area contributed by atoms with Gasteiger partial charge in [-0.25, -0.2) is 4.39 Å². The number of hydrogen-bond acceptors (Lipinski definition) is 2. The van der Waals surface area contributed by atoms with Crippen LogP contribution in [0.2, 0.25) is 5.02 Å². The SMILES string of the molecule is NC1CC(Oc2ccc(F)cc2Cl)C12CCCCCC2. The molecule has 110 valence electrons. The zero-order chi connectivity index (χ0) is 14.2. The average Bonchev–Trinajstić information content (AvgIpc) is 2.69. The van der Waals surface area contributed by atoms with Gasteiger partial charge < -0.3 is 10.5 Å². The predicted molar refractivity (Wildman–Crippen MR) is 78.6 cm³/mol. The third-order valence-electron chi connectivity index (χ3n) is 5.05. The van der Waals surface area contributed by atoms with Crippen molar-refractivity contribution in [3.05, 3.63) is 29.0 Å². The van der Waals surface area contributed by atoms with Crippen molar-refractivity contribution in [1.29, 1.82) is 0 Å². The van der Waals surface area contributed by atoms with E-state index in [9.17, 15) is 4.39 Å². The average molecular weight is 298 g/mol. The van der Waals surface area contributed by atoms with E-state index in [2.05, 4.69) is 0 Å². The Morgan fingerprint density at radius 1 is 1.20 bits per heavy atom. The van der Waals surface area contributed by atoms with Crippen LogP contribution in [0, 0.1) is 11.2 Å². The van der Waals surface area contributed by atoms with E-state index in [0.29, 0.717) is 10.8 Å². The predicted octanol–water partition coefficient (Wildman–Crippen LogP) is 4.30. The van der Waals surface area contributed by atoms with Crippen LogP contribution in [0.1, 0.15) is 44.9 Å². The molecule has 2 fully saturated rings. The fourth-order valence-corrected chi connectivity index (χ4v) is 3.96. The van der Waals surface area contributed by atoms with E-state index in [0.717, 1.165) is 19.3 Å². The van der Waals surface area contributed by atoms with E-state index in [1.807, 2.05) is 0 Å². The quantitative estimate of drug-likeness (QED) is 0.883. The lowest BCUT2D eigenvalue weighted by Gasteiger charge is -2.54. The van der Waals surface area contributed by atoms with Crippen molar-refractivity contribution in [3.63, 3.8) is 0 Å². The fourth-order valence-electron chi connectivity index (χ4n) is 3.75. The molecule has 2 aliphatic rings. The van der Waals surface area contributed by atoms with Crippen molar-refractivity contribution in [2.24, 2.45) is 11.1 Å². The molecule has 0 amide bonds. The van der Waals surface area contributed by atoms with E-state index < -0.39 is 0 Å². The van der Waals surface area contributed by atoms with E-state index >= 15 is 0 Å². The van der Waals surface area contributed by atoms with Crippen LogP contribution in [0.4, 0.5) is 4.39 Å². The molecule has 2 aliphatic carbocycles. The molecule has 1 aromatic rings. The van der Waals surface area contributed by atoms with Crippen LogP contribution in [0.25, 0.3) is 0 Å². The first-order valence-corrected chi connectivity index (χ1v) is 7.87. The highest BCUT2D eigenvalue weighted by Gasteiger charge is 2.54. The lowest BCUT2D eigenvalue weighted by Crippen LogP contribution is -2.63. The molecule has 2 atom stereocenters. The fraction of sp³-hybridized carbons (Fsp3) is 0.625. The molecular formula is C16H21ClFNO. The zero-order valence-corrected chi connectivity index (χ0v) is 12.3. The summed E-state index contributed by atoms with van der Waals surface area (Å²) < 4.78 is 19.2. The van der Waals surface area contributed by atoms with E-state index in [1.165, 1.54) is 37.8 Å². The molecule has 0 saturated heterocycles. The van der Waals surface area contributed by atoms with Crippen LogP contribution in [0.5, 0.6) is 5.75 Å². The van der Waals surface area contributed by atoms with Gasteiger partial charge in [0.15, 0.2) is 0 Å². The highest BCUT2D eigenvalue weighted by Crippen LogP contribution is 2.51. The van der Waals surface area contributed by atoms with Gasteiger partial charge in [0.1, 0.15) is 17.7 Å². The maximum atomic E-state index is 13.1. The molecule has 2 saturated carbocycles. The van der Waals surface area contributed by atoms with Gasteiger partial charge in [-0.05, 0) is 31.0 Å². The van der Waals surface area contributed by atoms with Crippen molar-refractivity contribution in [1.82, 2.24) is 0 Å². The number of benzene rings is 1. The molecule has 0 bridgehead atoms. The normalized spacial score (nSPS) is 28.8. The molecule has 0 heterocycles. The van der Waals surface area contributed by atoms with Crippen molar-refractivity contribution in [3.8, 4) is 5.75 Å². The molecule has 2 N–H and O–H groups in total. The van der Waals surface area contributed by atoms with Gasteiger partial charge in [0.05, 0.1) is 5.02 Å². The van der Waals surface area contributed by atoms with E-state index in [-0.39, 0.29) is 23.4 Å². The molecule has 4 heteroatoms. The molecule has 1 aromatic carbocycles. The van der Waals surface area contributed by atoms with Crippen LogP contribution in [-0.2, 0) is 0 Å². The summed E-state index contributed by atoms with van der Waals surface area (Å²) in [5.74, 6) is 0.241. The number of rotatable bonds is 2. The van der Waals surface area contributed by atoms with Gasteiger partial charge in [-0.2, -0.15) is 0 Å². The summed E-state index contributed by atoms with van der Waals surface area (Å²) in [6.45, 7) is 0. The van der Waals surface area contributed by atoms with Gasteiger partial charge in [-0.15, -0.1) is 0 Å². The van der Waals surface area contributed by atoms with Crippen LogP contribution >= 0.6 is 11.6 Å². The second kappa shape index (κ2) is 5.53. The van der Waals surface area contributed by atoms with Gasteiger partial charge in [0.25, 0.3) is 0 Å². The molecule has 0 aliphatic heterocycles. The summed E-state index contributed by atoms with van der Waals surface area (Å²) in [4.78, 5) is 0. The highest BCUT2D eigenvalue weighted by atomic mass is 35.5. The van der Waals surface area contributed by atoms with Crippen molar-refractivity contribution >= 4 is 11.6 Å². The van der Waals surface area contributed by atoms with Crippen molar-refractivity contribution in [2.45, 2.75) is 57.1 Å². The second-order valence-electron chi connectivity index (χ2n) is 6.17. The number of halogens is 2. The summed E-state index contributed by atoms with van der Waals surface area (Å²) in [5, 5.41) is 0.342. The largest absolute Gasteiger partial charge is 0.488 e. The minimum absolute atomic E-state index is 0.105. The van der Waals surface area contributed by atoms with Crippen LogP contribution in [-0.4, -0.2) is 12.1 Å². The van der Waals surface area contributed by atoms with Gasteiger partial charge in [-0.3, -0.25) is 0 Å². The zero-order valence-electron chi connectivity index (χ0n) is 11.6. The molecule has 0 radical (unpaired) electrons. The van der Waals surface area contributed by atoms with Gasteiger partial charge in [0.2, 0.25) is 0 Å². The maximum Gasteiger partial charge on any atom is 0.138 e. The van der Waals surface area contributed by atoms with Gasteiger partial charge in [-0.1, -0.05) is 37.3 Å². The Balaban J connectivity index is 1.76. The highest BCUT2D eigenvalue weighted by molar-refractivity contribution is 6.32. The van der Waals surface area contributed by atoms with Crippen LogP contribution in [0.15, 0.2) is 18.2 Å². The van der Waals surface area contributed by atoms with Gasteiger partial charge in [0, 0.05) is 17.9 Å².